The molecular weight excluding hydrogens is 1490 g/mol. The van der Waals surface area contributed by atoms with Crippen molar-refractivity contribution < 1.29 is 53.9 Å². The molecule has 4 aliphatic heterocycles. The zero-order valence-corrected chi connectivity index (χ0v) is 67.4. The van der Waals surface area contributed by atoms with E-state index in [0.717, 1.165) is 148 Å². The summed E-state index contributed by atoms with van der Waals surface area (Å²) < 4.78 is 105. The fraction of sp³-hybridized carbons (Fsp3) is 0.519. The highest BCUT2D eigenvalue weighted by Crippen LogP contribution is 2.45. The van der Waals surface area contributed by atoms with Crippen LogP contribution in [0.2, 0.25) is 5.02 Å². The van der Waals surface area contributed by atoms with Gasteiger partial charge in [0.2, 0.25) is 17.7 Å². The normalized spacial score (nSPS) is 19.9. The molecule has 1 aliphatic carbocycles. The molecule has 20 nitrogen and oxygen atoms in total. The number of allylic oxidation sites excluding steroid dienone is 1. The van der Waals surface area contributed by atoms with Gasteiger partial charge in [0.05, 0.1) is 45.9 Å². The Morgan fingerprint density at radius 1 is 0.752 bits per heavy atom. The van der Waals surface area contributed by atoms with Crippen LogP contribution in [0.4, 0.5) is 24.5 Å². The molecule has 4 fully saturated rings. The van der Waals surface area contributed by atoms with Crippen molar-refractivity contribution in [2.24, 2.45) is 10.8 Å². The number of hydrogen-bond acceptors (Lipinski definition) is 18. The van der Waals surface area contributed by atoms with E-state index in [1.54, 1.807) is 28.4 Å². The molecule has 5 atom stereocenters. The van der Waals surface area contributed by atoms with E-state index in [1.165, 1.54) is 40.6 Å². The van der Waals surface area contributed by atoms with Crippen LogP contribution in [-0.4, -0.2) is 211 Å². The maximum Gasteiger partial charge on any atom is 0.501 e. The minimum atomic E-state index is -6.10. The van der Waals surface area contributed by atoms with Crippen LogP contribution in [-0.2, 0) is 39.0 Å². The van der Waals surface area contributed by atoms with Crippen molar-refractivity contribution >= 4 is 95.1 Å². The van der Waals surface area contributed by atoms with E-state index in [-0.39, 0.29) is 34.7 Å². The van der Waals surface area contributed by atoms with Crippen molar-refractivity contribution in [1.29, 1.82) is 0 Å². The Morgan fingerprint density at radius 3 is 2.08 bits per heavy atom. The number of halogens is 4. The number of nitrogens with zero attached hydrogens (tertiary/aromatic N) is 7. The van der Waals surface area contributed by atoms with E-state index in [9.17, 15) is 49.2 Å². The van der Waals surface area contributed by atoms with Crippen molar-refractivity contribution in [2.75, 3.05) is 127 Å². The SMILES string of the molecule is Cc1ncsc1-c1ccc([C@H](C)NC(=O)[C@@H]2CCCN2C(=O)[C@@H](NC(=O)CCCCCCN2CCN(CC3(C)CCC(c4ccc(Cl)cc4)=C(CN4CCN(c5ccc(C(=O)NS(=O)(=O)c6ccc(N[C@H](CCN7CCOCC7)CSc7ccccc7)c(S(=O)(=O)C(F)(F)F)c6)cc5)CC4)C3)CC2)C(C)(C)C)cc1. The summed E-state index contributed by atoms with van der Waals surface area (Å²) in [5.41, 5.74) is 2.98. The average Bonchev–Trinajstić information content (AvgIpc) is 1.33. The second-order valence-electron chi connectivity index (χ2n) is 31.1. The smallest absolute Gasteiger partial charge is 0.380 e. The molecule has 6 aromatic rings. The van der Waals surface area contributed by atoms with Gasteiger partial charge in [0.15, 0.2) is 0 Å². The third-order valence-electron chi connectivity index (χ3n) is 21.8. The number of piperazine rings is 2. The van der Waals surface area contributed by atoms with Gasteiger partial charge in [-0.15, -0.1) is 23.1 Å². The van der Waals surface area contributed by atoms with Crippen LogP contribution in [0, 0.1) is 17.8 Å². The Bertz CT molecular complexity index is 4340. The number of sulfonamides is 1. The lowest BCUT2D eigenvalue weighted by Gasteiger charge is -2.44. The topological polar surface area (TPSA) is 226 Å². The van der Waals surface area contributed by atoms with Gasteiger partial charge in [-0.05, 0) is 172 Å². The fourth-order valence-electron chi connectivity index (χ4n) is 15.5. The molecule has 1 aromatic heterocycles. The predicted molar refractivity (Wildman–Crippen MR) is 427 cm³/mol. The molecule has 0 radical (unpaired) electrons. The largest absolute Gasteiger partial charge is 0.501 e. The van der Waals surface area contributed by atoms with Gasteiger partial charge in [-0.25, -0.2) is 26.5 Å². The van der Waals surface area contributed by atoms with E-state index in [0.29, 0.717) is 95.0 Å². The Balaban J connectivity index is 0.620. The Labute approximate surface area is 654 Å². The van der Waals surface area contributed by atoms with Crippen LogP contribution in [0.5, 0.6) is 0 Å². The average molecular weight is 1600 g/mol. The van der Waals surface area contributed by atoms with Gasteiger partial charge in [-0.3, -0.25) is 29.0 Å². The van der Waals surface area contributed by atoms with Crippen molar-refractivity contribution in [3.05, 3.63) is 160 Å². The van der Waals surface area contributed by atoms with E-state index < -0.39 is 70.3 Å². The number of morpholine rings is 1. The highest BCUT2D eigenvalue weighted by Gasteiger charge is 2.49. The molecule has 28 heteroatoms. The monoisotopic (exact) mass is 1600 g/mol. The number of thiazole rings is 1. The summed E-state index contributed by atoms with van der Waals surface area (Å²) in [6.45, 7) is 25.4. The number of anilines is 2. The number of benzene rings is 5. The molecule has 5 aromatic carbocycles. The molecule has 590 valence electrons. The highest BCUT2D eigenvalue weighted by molar-refractivity contribution is 7.99. The lowest BCUT2D eigenvalue weighted by Crippen LogP contribution is -2.57. The molecule has 4 amide bonds. The summed E-state index contributed by atoms with van der Waals surface area (Å²) in [6.07, 6.45) is 8.69. The van der Waals surface area contributed by atoms with Gasteiger partial charge in [-0.1, -0.05) is 112 Å². The lowest BCUT2D eigenvalue weighted by atomic mass is 9.71. The third-order valence-corrected chi connectivity index (χ3v) is 27.0. The number of carbonyl (C=O) groups excluding carboxylic acids is 4. The van der Waals surface area contributed by atoms with Gasteiger partial charge in [0.1, 0.15) is 17.0 Å². The molecule has 0 bridgehead atoms. The summed E-state index contributed by atoms with van der Waals surface area (Å²) in [5.74, 6) is -1.24. The molecule has 1 unspecified atom stereocenters. The van der Waals surface area contributed by atoms with Crippen LogP contribution in [0.15, 0.2) is 147 Å². The zero-order chi connectivity index (χ0) is 77.7. The first kappa shape index (κ1) is 83.0. The summed E-state index contributed by atoms with van der Waals surface area (Å²) in [5, 5.41) is 9.95. The number of aryl methyl sites for hydroxylation is 1. The Hall–Kier alpha value is -6.92. The van der Waals surface area contributed by atoms with Crippen molar-refractivity contribution in [3.8, 4) is 10.4 Å². The minimum absolute atomic E-state index is 0.0218. The number of nitrogens with one attached hydrogen (secondary N) is 4. The Morgan fingerprint density at radius 2 is 1.41 bits per heavy atom. The molecule has 0 spiro atoms. The summed E-state index contributed by atoms with van der Waals surface area (Å²) in [7, 11) is -11.0. The first-order valence-electron chi connectivity index (χ1n) is 38.2. The van der Waals surface area contributed by atoms with Gasteiger partial charge in [0.25, 0.3) is 25.8 Å². The van der Waals surface area contributed by atoms with Crippen LogP contribution in [0.25, 0.3) is 16.0 Å². The second kappa shape index (κ2) is 37.2. The number of hydrogen-bond donors (Lipinski definition) is 4. The highest BCUT2D eigenvalue weighted by atomic mass is 35.5. The molecule has 109 heavy (non-hydrogen) atoms. The summed E-state index contributed by atoms with van der Waals surface area (Å²) >= 11 is 9.46. The molecule has 4 saturated heterocycles. The maximum atomic E-state index is 14.4. The van der Waals surface area contributed by atoms with Crippen molar-refractivity contribution in [2.45, 2.75) is 157 Å². The van der Waals surface area contributed by atoms with Gasteiger partial charge >= 0.3 is 5.51 Å². The number of ether oxygens (including phenoxy) is 1. The standard InChI is InChI=1S/C81H105ClF3N11O9S4/c1-57(59-19-21-61(22-20-59)74-58(2)86-56-107-74)87-77(99)71-17-14-37-96(71)78(100)75(79(3,4)5)89-73(97)18-12-7-8-13-36-91-39-41-94(42-40-91)55-80(6)35-33-69(60-23-27-64(82)28-24-60)63(52-80)53-93-43-45-95(46-44-93)66-29-25-62(26-30-66)76(98)90-109(103,104)68-31-32-70(72(51-68)108(101,102)81(83,84)85)88-65(34-38-92-47-49-105-50-48-92)54-106-67-15-10-9-11-16-67/h9-11,15-16,19-32,51,56-57,65,71,75,88H,7-8,12-14,17-18,33-50,52-55H2,1-6H3,(H,87,99)(H,89,97)(H,90,98)/t57-,65+,71-,75+,80?/m0/s1. The summed E-state index contributed by atoms with van der Waals surface area (Å²) in [6, 6.07) is 32.4. The van der Waals surface area contributed by atoms with Gasteiger partial charge < -0.3 is 40.3 Å². The number of carbonyl (C=O) groups is 4. The van der Waals surface area contributed by atoms with Crippen molar-refractivity contribution in [1.82, 2.24) is 44.8 Å². The minimum Gasteiger partial charge on any atom is -0.380 e. The Kier molecular flexibility index (Phi) is 28.3. The van der Waals surface area contributed by atoms with E-state index in [2.05, 4.69) is 76.6 Å². The molecule has 5 aliphatic rings. The van der Waals surface area contributed by atoms with Gasteiger partial charge in [-0.2, -0.15) is 13.2 Å². The number of thioether (sulfide) groups is 1. The number of sulfone groups is 1. The van der Waals surface area contributed by atoms with Gasteiger partial charge in [0, 0.05) is 131 Å². The summed E-state index contributed by atoms with van der Waals surface area (Å²) in [4.78, 5) is 73.3. The van der Waals surface area contributed by atoms with E-state index in [1.807, 2.05) is 99.4 Å². The second-order valence-corrected chi connectivity index (χ2v) is 37.1. The maximum absolute atomic E-state index is 14.4. The molecule has 5 heterocycles. The van der Waals surface area contributed by atoms with Crippen LogP contribution >= 0.6 is 34.7 Å². The van der Waals surface area contributed by atoms with Crippen LogP contribution < -0.4 is 25.6 Å². The number of aromatic nitrogens is 1. The zero-order valence-electron chi connectivity index (χ0n) is 63.4. The van der Waals surface area contributed by atoms with E-state index >= 15 is 0 Å². The third kappa shape index (κ3) is 22.3. The first-order chi connectivity index (χ1) is 52.0. The number of rotatable bonds is 31. The van der Waals surface area contributed by atoms with E-state index in [4.69, 9.17) is 16.3 Å². The molecule has 11 rings (SSSR count). The number of amides is 4. The number of unbranched alkanes of at least 4 members (excludes halogenated alkanes) is 3. The number of likely N-dealkylation sites (tertiary alicyclic amines) is 1. The molecule has 0 saturated carbocycles. The van der Waals surface area contributed by atoms with Crippen molar-refractivity contribution in [3.63, 3.8) is 0 Å². The number of alkyl halides is 3. The first-order valence-corrected chi connectivity index (χ1v) is 43.4. The predicted octanol–water partition coefficient (Wildman–Crippen LogP) is 13.2. The molecule has 4 N–H and O–H groups in total. The quantitative estimate of drug-likeness (QED) is 0.0234. The van der Waals surface area contributed by atoms with Crippen LogP contribution in [0.3, 0.4) is 0 Å². The van der Waals surface area contributed by atoms with Crippen LogP contribution in [0.1, 0.15) is 138 Å². The molecular formula is C81H105ClF3N11O9S4. The lowest BCUT2D eigenvalue weighted by molar-refractivity contribution is -0.144. The fourth-order valence-corrected chi connectivity index (χ4v) is 19.4.